The minimum Gasteiger partial charge on any atom is -0.369 e. The molecule has 0 aromatic heterocycles. The van der Waals surface area contributed by atoms with E-state index in [2.05, 4.69) is 22.2 Å². The van der Waals surface area contributed by atoms with Crippen LogP contribution in [0.15, 0.2) is 18.2 Å². The van der Waals surface area contributed by atoms with Crippen LogP contribution in [0.1, 0.15) is 45.2 Å². The van der Waals surface area contributed by atoms with Gasteiger partial charge in [0.25, 0.3) is 0 Å². The summed E-state index contributed by atoms with van der Waals surface area (Å²) in [6.45, 7) is 9.93. The maximum absolute atomic E-state index is 13.9. The molecule has 1 amide bonds. The Balaban J connectivity index is 0. The highest BCUT2D eigenvalue weighted by molar-refractivity contribution is 5.86. The average Bonchev–Trinajstić information content (AvgIpc) is 2.64. The number of anilines is 1. The number of nitrogens with zero attached hydrogens (tertiary/aromatic N) is 2. The molecule has 0 radical (unpaired) electrons. The molecule has 1 saturated heterocycles. The van der Waals surface area contributed by atoms with Gasteiger partial charge < -0.3 is 20.9 Å². The van der Waals surface area contributed by atoms with Crippen molar-refractivity contribution in [1.82, 2.24) is 10.2 Å². The highest BCUT2D eigenvalue weighted by Gasteiger charge is 2.34. The van der Waals surface area contributed by atoms with Crippen molar-refractivity contribution >= 4 is 48.8 Å². The van der Waals surface area contributed by atoms with Crippen LogP contribution in [0.5, 0.6) is 0 Å². The van der Waals surface area contributed by atoms with Crippen LogP contribution in [0.4, 0.5) is 10.1 Å². The van der Waals surface area contributed by atoms with E-state index >= 15 is 0 Å². The quantitative estimate of drug-likeness (QED) is 0.632. The third kappa shape index (κ3) is 7.14. The molecule has 1 unspecified atom stereocenters. The maximum atomic E-state index is 13.9. The fraction of sp³-hybridized carbons (Fsp3) is 0.650. The van der Waals surface area contributed by atoms with Crippen LogP contribution < -0.4 is 16.0 Å². The lowest BCUT2D eigenvalue weighted by atomic mass is 9.81. The van der Waals surface area contributed by atoms with Crippen LogP contribution in [0.3, 0.4) is 0 Å². The summed E-state index contributed by atoms with van der Waals surface area (Å²) in [5.74, 6) is -0.332. The second-order valence-electron chi connectivity index (χ2n) is 7.38. The lowest BCUT2D eigenvalue weighted by molar-refractivity contribution is -0.131. The first kappa shape index (κ1) is 30.4. The predicted molar refractivity (Wildman–Crippen MR) is 126 cm³/mol. The van der Waals surface area contributed by atoms with Crippen LogP contribution in [-0.4, -0.2) is 50.6 Å². The zero-order valence-corrected chi connectivity index (χ0v) is 20.2. The van der Waals surface area contributed by atoms with Crippen molar-refractivity contribution in [3.63, 3.8) is 0 Å². The summed E-state index contributed by atoms with van der Waals surface area (Å²) in [5, 5.41) is 3.08. The average molecular weight is 474 g/mol. The molecule has 1 fully saturated rings. The van der Waals surface area contributed by atoms with Gasteiger partial charge in [-0.2, -0.15) is 0 Å². The smallest absolute Gasteiger partial charge is 0.227 e. The molecular weight excluding hydrogens is 438 g/mol. The molecule has 5 nitrogen and oxygen atoms in total. The van der Waals surface area contributed by atoms with E-state index < -0.39 is 5.41 Å². The molecule has 0 spiro atoms. The zero-order chi connectivity index (χ0) is 19.3. The SMILES string of the molecule is CCC(CC)(CN)C(=O)NC(C)c1cc(F)ccc1N1CCN(C)CC1.Cl.Cl.Cl. The Morgan fingerprint density at radius 1 is 1.17 bits per heavy atom. The Labute approximate surface area is 193 Å². The van der Waals surface area contributed by atoms with E-state index in [1.807, 2.05) is 26.8 Å². The highest BCUT2D eigenvalue weighted by Crippen LogP contribution is 2.31. The third-order valence-electron chi connectivity index (χ3n) is 5.87. The van der Waals surface area contributed by atoms with Crippen LogP contribution in [0.2, 0.25) is 0 Å². The molecule has 170 valence electrons. The summed E-state index contributed by atoms with van der Waals surface area (Å²) in [5.41, 5.74) is 7.15. The van der Waals surface area contributed by atoms with Gasteiger partial charge in [0.05, 0.1) is 11.5 Å². The molecule has 1 aromatic rings. The van der Waals surface area contributed by atoms with Crippen molar-refractivity contribution in [3.8, 4) is 0 Å². The second-order valence-corrected chi connectivity index (χ2v) is 7.38. The first-order chi connectivity index (χ1) is 12.4. The molecule has 0 bridgehead atoms. The minimum atomic E-state index is -0.560. The Bertz CT molecular complexity index is 615. The fourth-order valence-corrected chi connectivity index (χ4v) is 3.59. The van der Waals surface area contributed by atoms with Crippen molar-refractivity contribution in [2.24, 2.45) is 11.1 Å². The normalized spacial score (nSPS) is 15.4. The molecule has 1 aliphatic rings. The van der Waals surface area contributed by atoms with E-state index in [0.717, 1.165) is 37.4 Å². The molecule has 1 aromatic carbocycles. The highest BCUT2D eigenvalue weighted by atomic mass is 35.5. The number of piperazine rings is 1. The Kier molecular flexibility index (Phi) is 14.2. The number of amides is 1. The predicted octanol–water partition coefficient (Wildman–Crippen LogP) is 3.79. The molecule has 3 N–H and O–H groups in total. The number of hydrogen-bond donors (Lipinski definition) is 2. The van der Waals surface area contributed by atoms with Gasteiger partial charge in [-0.3, -0.25) is 4.79 Å². The van der Waals surface area contributed by atoms with Crippen LogP contribution in [-0.2, 0) is 4.79 Å². The lowest BCUT2D eigenvalue weighted by Gasteiger charge is -2.36. The topological polar surface area (TPSA) is 61.6 Å². The summed E-state index contributed by atoms with van der Waals surface area (Å²) >= 11 is 0. The van der Waals surface area contributed by atoms with Gasteiger partial charge in [0, 0.05) is 44.0 Å². The molecule has 1 aliphatic heterocycles. The van der Waals surface area contributed by atoms with Crippen molar-refractivity contribution in [1.29, 1.82) is 0 Å². The number of carbonyl (C=O) groups excluding carboxylic acids is 1. The maximum Gasteiger partial charge on any atom is 0.227 e. The van der Waals surface area contributed by atoms with E-state index in [9.17, 15) is 9.18 Å². The fourth-order valence-electron chi connectivity index (χ4n) is 3.59. The Morgan fingerprint density at radius 3 is 2.21 bits per heavy atom. The van der Waals surface area contributed by atoms with Crippen molar-refractivity contribution in [3.05, 3.63) is 29.6 Å². The second kappa shape index (κ2) is 13.5. The van der Waals surface area contributed by atoms with Gasteiger partial charge >= 0.3 is 0 Å². The largest absolute Gasteiger partial charge is 0.369 e. The van der Waals surface area contributed by atoms with Crippen molar-refractivity contribution < 1.29 is 9.18 Å². The number of rotatable bonds is 7. The first-order valence-corrected chi connectivity index (χ1v) is 9.60. The number of nitrogens with one attached hydrogen (secondary N) is 1. The number of benzene rings is 1. The van der Waals surface area contributed by atoms with E-state index in [4.69, 9.17) is 5.73 Å². The van der Waals surface area contributed by atoms with Crippen LogP contribution >= 0.6 is 37.2 Å². The number of likely N-dealkylation sites (N-methyl/N-ethyl adjacent to an activating group) is 1. The van der Waals surface area contributed by atoms with Gasteiger partial charge in [-0.1, -0.05) is 13.8 Å². The zero-order valence-electron chi connectivity index (χ0n) is 17.7. The van der Waals surface area contributed by atoms with Gasteiger partial charge in [0.15, 0.2) is 0 Å². The van der Waals surface area contributed by atoms with Crippen molar-refractivity contribution in [2.75, 3.05) is 44.7 Å². The summed E-state index contributed by atoms with van der Waals surface area (Å²) in [4.78, 5) is 17.4. The molecule has 1 atom stereocenters. The van der Waals surface area contributed by atoms with Crippen molar-refractivity contribution in [2.45, 2.75) is 39.7 Å². The summed E-state index contributed by atoms with van der Waals surface area (Å²) in [7, 11) is 2.10. The van der Waals surface area contributed by atoms with E-state index in [0.29, 0.717) is 19.4 Å². The van der Waals surface area contributed by atoms with Crippen LogP contribution in [0, 0.1) is 11.2 Å². The van der Waals surface area contributed by atoms with E-state index in [-0.39, 0.29) is 55.0 Å². The molecule has 9 heteroatoms. The monoisotopic (exact) mass is 472 g/mol. The van der Waals surface area contributed by atoms with Gasteiger partial charge in [-0.15, -0.1) is 37.2 Å². The minimum absolute atomic E-state index is 0. The lowest BCUT2D eigenvalue weighted by Crippen LogP contribution is -2.47. The Morgan fingerprint density at radius 2 is 1.72 bits per heavy atom. The molecule has 2 rings (SSSR count). The number of carbonyl (C=O) groups is 1. The van der Waals surface area contributed by atoms with E-state index in [1.165, 1.54) is 6.07 Å². The number of halogens is 4. The van der Waals surface area contributed by atoms with Gasteiger partial charge in [0.1, 0.15) is 5.82 Å². The molecule has 29 heavy (non-hydrogen) atoms. The van der Waals surface area contributed by atoms with Gasteiger partial charge in [-0.05, 0) is 45.0 Å². The summed E-state index contributed by atoms with van der Waals surface area (Å²) < 4.78 is 13.9. The molecule has 0 saturated carbocycles. The third-order valence-corrected chi connectivity index (χ3v) is 5.87. The first-order valence-electron chi connectivity index (χ1n) is 9.60. The van der Waals surface area contributed by atoms with Gasteiger partial charge in [-0.25, -0.2) is 4.39 Å². The molecular formula is C20H36Cl3FN4O. The summed E-state index contributed by atoms with van der Waals surface area (Å²) in [6, 6.07) is 4.58. The standard InChI is InChI=1S/C20H33FN4O.3ClH/c1-5-20(6-2,14-22)19(26)23-15(3)17-13-16(21)7-8-18(17)25-11-9-24(4)10-12-25;;;/h7-8,13,15H,5-6,9-12,14,22H2,1-4H3,(H,23,26);3*1H. The van der Waals surface area contributed by atoms with Crippen LogP contribution in [0.25, 0.3) is 0 Å². The Hall–Kier alpha value is -0.790. The molecule has 0 aliphatic carbocycles. The summed E-state index contributed by atoms with van der Waals surface area (Å²) in [6.07, 6.45) is 1.38. The number of hydrogen-bond acceptors (Lipinski definition) is 4. The molecule has 1 heterocycles. The number of nitrogens with two attached hydrogens (primary N) is 1. The van der Waals surface area contributed by atoms with Gasteiger partial charge in [0.2, 0.25) is 5.91 Å². The van der Waals surface area contributed by atoms with E-state index in [1.54, 1.807) is 6.07 Å².